The Morgan fingerprint density at radius 1 is 0.422 bits per heavy atom. The molecule has 3 heteroatoms. The van der Waals surface area contributed by atoms with Gasteiger partial charge >= 0.3 is 0 Å². The number of benzene rings is 7. The van der Waals surface area contributed by atoms with E-state index in [1.165, 1.54) is 21.8 Å². The Bertz CT molecular complexity index is 2430. The van der Waals surface area contributed by atoms with E-state index in [0.29, 0.717) is 0 Å². The maximum Gasteiger partial charge on any atom is 0.143 e. The third-order valence-corrected chi connectivity index (χ3v) is 8.78. The highest BCUT2D eigenvalue weighted by atomic mass is 16.3. The first-order chi connectivity index (χ1) is 22.3. The summed E-state index contributed by atoms with van der Waals surface area (Å²) in [5, 5.41) is 4.80. The van der Waals surface area contributed by atoms with Crippen molar-refractivity contribution in [3.63, 3.8) is 0 Å². The third kappa shape index (κ3) is 4.13. The number of hydrogen-bond acceptors (Lipinski definition) is 2. The number of rotatable bonds is 5. The van der Waals surface area contributed by atoms with Crippen LogP contribution in [-0.2, 0) is 0 Å². The van der Waals surface area contributed by atoms with E-state index in [0.717, 1.165) is 55.8 Å². The molecule has 0 atom stereocenters. The zero-order valence-electron chi connectivity index (χ0n) is 24.5. The Kier molecular flexibility index (Phi) is 5.82. The van der Waals surface area contributed by atoms with Gasteiger partial charge in [-0.15, -0.1) is 0 Å². The molecule has 0 spiro atoms. The number of hydrogen-bond donors (Lipinski definition) is 0. The number of aromatic nitrogens is 1. The highest BCUT2D eigenvalue weighted by molar-refractivity contribution is 6.10. The van der Waals surface area contributed by atoms with Gasteiger partial charge in [0.05, 0.1) is 11.0 Å². The predicted molar refractivity (Wildman–Crippen MR) is 188 cm³/mol. The summed E-state index contributed by atoms with van der Waals surface area (Å²) in [4.78, 5) is 2.32. The zero-order chi connectivity index (χ0) is 29.7. The zero-order valence-corrected chi connectivity index (χ0v) is 24.5. The first-order valence-electron chi connectivity index (χ1n) is 15.3. The molecule has 9 rings (SSSR count). The number of para-hydroxylation sites is 5. The number of nitrogens with zero attached hydrogens (tertiary/aromatic N) is 2. The van der Waals surface area contributed by atoms with E-state index in [2.05, 4.69) is 167 Å². The summed E-state index contributed by atoms with van der Waals surface area (Å²) >= 11 is 0. The molecule has 3 nitrogen and oxygen atoms in total. The number of furan rings is 1. The van der Waals surface area contributed by atoms with Crippen LogP contribution in [0.25, 0.3) is 60.6 Å². The molecule has 0 fully saturated rings. The largest absolute Gasteiger partial charge is 0.455 e. The van der Waals surface area contributed by atoms with Crippen LogP contribution in [-0.4, -0.2) is 4.57 Å². The summed E-state index contributed by atoms with van der Waals surface area (Å²) < 4.78 is 8.72. The van der Waals surface area contributed by atoms with Crippen LogP contribution in [0.4, 0.5) is 17.1 Å². The molecule has 7 aromatic carbocycles. The molecule has 2 heterocycles. The second-order valence-corrected chi connectivity index (χ2v) is 11.4. The molecule has 0 aliphatic rings. The molecule has 0 N–H and O–H groups in total. The van der Waals surface area contributed by atoms with Gasteiger partial charge in [-0.1, -0.05) is 109 Å². The smallest absolute Gasteiger partial charge is 0.143 e. The first kappa shape index (κ1) is 25.4. The molecule has 9 aromatic rings. The van der Waals surface area contributed by atoms with Gasteiger partial charge in [0.1, 0.15) is 11.2 Å². The quantitative estimate of drug-likeness (QED) is 0.203. The van der Waals surface area contributed by atoms with Gasteiger partial charge in [0, 0.05) is 49.9 Å². The Morgan fingerprint density at radius 2 is 1.00 bits per heavy atom. The van der Waals surface area contributed by atoms with Gasteiger partial charge in [-0.05, 0) is 66.2 Å². The molecule has 0 unspecified atom stereocenters. The van der Waals surface area contributed by atoms with Crippen molar-refractivity contribution in [2.24, 2.45) is 0 Å². The average Bonchev–Trinajstić information content (AvgIpc) is 3.66. The minimum absolute atomic E-state index is 0.912. The Balaban J connectivity index is 1.17. The minimum Gasteiger partial charge on any atom is -0.455 e. The van der Waals surface area contributed by atoms with Gasteiger partial charge in [-0.3, -0.25) is 0 Å². The van der Waals surface area contributed by atoms with Crippen molar-refractivity contribution in [1.82, 2.24) is 4.57 Å². The molecule has 0 radical (unpaired) electrons. The fourth-order valence-corrected chi connectivity index (χ4v) is 6.76. The van der Waals surface area contributed by atoms with Crippen LogP contribution in [0.2, 0.25) is 0 Å². The van der Waals surface area contributed by atoms with Crippen molar-refractivity contribution in [3.8, 4) is 16.8 Å². The lowest BCUT2D eigenvalue weighted by Crippen LogP contribution is -2.10. The van der Waals surface area contributed by atoms with Crippen LogP contribution in [0, 0.1) is 0 Å². The van der Waals surface area contributed by atoms with Gasteiger partial charge in [0.25, 0.3) is 0 Å². The second kappa shape index (κ2) is 10.3. The lowest BCUT2D eigenvalue weighted by atomic mass is 10.0. The summed E-state index contributed by atoms with van der Waals surface area (Å²) in [6.45, 7) is 0. The standard InChI is InChI=1S/C42H28N2O/c1-2-12-30(13-3-1)43(31-26-24-29(25-27-31)34-19-11-20-38-37-18-6-9-23-41(37)45-42(34)38)32-14-10-15-33(28-32)44-39-21-7-4-16-35(39)36-17-5-8-22-40(36)44/h1-28H. The normalized spacial score (nSPS) is 11.6. The van der Waals surface area contributed by atoms with Crippen molar-refractivity contribution in [1.29, 1.82) is 0 Å². The SMILES string of the molecule is c1ccc(N(c2ccc(-c3cccc4c3oc3ccccc34)cc2)c2cccc(-n3c4ccccc4c4ccccc43)c2)cc1. The minimum atomic E-state index is 0.912. The van der Waals surface area contributed by atoms with E-state index >= 15 is 0 Å². The van der Waals surface area contributed by atoms with Crippen molar-refractivity contribution in [3.05, 3.63) is 170 Å². The highest BCUT2D eigenvalue weighted by Crippen LogP contribution is 2.40. The molecular weight excluding hydrogens is 548 g/mol. The van der Waals surface area contributed by atoms with Crippen molar-refractivity contribution in [2.75, 3.05) is 4.90 Å². The first-order valence-corrected chi connectivity index (χ1v) is 15.3. The van der Waals surface area contributed by atoms with Crippen LogP contribution in [0.3, 0.4) is 0 Å². The summed E-state index contributed by atoms with van der Waals surface area (Å²) in [5.41, 5.74) is 10.8. The summed E-state index contributed by atoms with van der Waals surface area (Å²) in [5.74, 6) is 0. The van der Waals surface area contributed by atoms with E-state index in [1.54, 1.807) is 0 Å². The molecule has 0 amide bonds. The molecule has 212 valence electrons. The van der Waals surface area contributed by atoms with Crippen molar-refractivity contribution in [2.45, 2.75) is 0 Å². The summed E-state index contributed by atoms with van der Waals surface area (Å²) in [7, 11) is 0. The molecule has 0 aliphatic carbocycles. The van der Waals surface area contributed by atoms with Crippen LogP contribution < -0.4 is 4.90 Å². The summed E-state index contributed by atoms with van der Waals surface area (Å²) in [6.07, 6.45) is 0. The van der Waals surface area contributed by atoms with Gasteiger partial charge in [0.2, 0.25) is 0 Å². The predicted octanol–water partition coefficient (Wildman–Crippen LogP) is 11.8. The molecule has 0 saturated heterocycles. The fraction of sp³-hybridized carbons (Fsp3) is 0. The number of anilines is 3. The average molecular weight is 577 g/mol. The van der Waals surface area contributed by atoms with E-state index in [4.69, 9.17) is 4.42 Å². The molecule has 0 aliphatic heterocycles. The van der Waals surface area contributed by atoms with Crippen LogP contribution >= 0.6 is 0 Å². The van der Waals surface area contributed by atoms with Gasteiger partial charge < -0.3 is 13.9 Å². The molecule has 0 bridgehead atoms. The number of fused-ring (bicyclic) bond motifs is 6. The maximum absolute atomic E-state index is 6.35. The Morgan fingerprint density at radius 3 is 1.76 bits per heavy atom. The fourth-order valence-electron chi connectivity index (χ4n) is 6.76. The van der Waals surface area contributed by atoms with E-state index in [1.807, 2.05) is 12.1 Å². The van der Waals surface area contributed by atoms with E-state index in [-0.39, 0.29) is 0 Å². The van der Waals surface area contributed by atoms with Crippen LogP contribution in [0.15, 0.2) is 174 Å². The topological polar surface area (TPSA) is 21.3 Å². The van der Waals surface area contributed by atoms with E-state index < -0.39 is 0 Å². The molecule has 45 heavy (non-hydrogen) atoms. The van der Waals surface area contributed by atoms with Gasteiger partial charge in [0.15, 0.2) is 0 Å². The summed E-state index contributed by atoms with van der Waals surface area (Å²) in [6, 6.07) is 60.1. The van der Waals surface area contributed by atoms with Crippen LogP contribution in [0.5, 0.6) is 0 Å². The highest BCUT2D eigenvalue weighted by Gasteiger charge is 2.17. The Labute approximate surface area is 260 Å². The molecule has 2 aromatic heterocycles. The molecule has 0 saturated carbocycles. The van der Waals surface area contributed by atoms with Gasteiger partial charge in [-0.25, -0.2) is 0 Å². The second-order valence-electron chi connectivity index (χ2n) is 11.4. The third-order valence-electron chi connectivity index (χ3n) is 8.78. The van der Waals surface area contributed by atoms with Crippen LogP contribution in [0.1, 0.15) is 0 Å². The maximum atomic E-state index is 6.35. The molecular formula is C42H28N2O. The Hall–Kier alpha value is -6.06. The van der Waals surface area contributed by atoms with Gasteiger partial charge in [-0.2, -0.15) is 0 Å². The monoisotopic (exact) mass is 576 g/mol. The lowest BCUT2D eigenvalue weighted by Gasteiger charge is -2.26. The lowest BCUT2D eigenvalue weighted by molar-refractivity contribution is 0.670. The van der Waals surface area contributed by atoms with E-state index in [9.17, 15) is 0 Å². The van der Waals surface area contributed by atoms with Crippen molar-refractivity contribution < 1.29 is 4.42 Å². The van der Waals surface area contributed by atoms with Crippen molar-refractivity contribution >= 4 is 60.8 Å².